The molecule has 0 atom stereocenters. The lowest BCUT2D eigenvalue weighted by molar-refractivity contribution is -0.385. The maximum absolute atomic E-state index is 16.5. The van der Waals surface area contributed by atoms with Gasteiger partial charge in [-0.2, -0.15) is 18.3 Å². The Kier molecular flexibility index (Phi) is 12.6. The predicted molar refractivity (Wildman–Crippen MR) is 214 cm³/mol. The number of ether oxygens (including phenoxy) is 1. The van der Waals surface area contributed by atoms with Crippen molar-refractivity contribution in [3.63, 3.8) is 0 Å². The van der Waals surface area contributed by atoms with E-state index in [0.29, 0.717) is 40.9 Å². The van der Waals surface area contributed by atoms with E-state index in [0.717, 1.165) is 53.6 Å². The number of urea groups is 1. The third-order valence-electron chi connectivity index (χ3n) is 10.5. The second-order valence-corrected chi connectivity index (χ2v) is 16.0. The molecule has 4 N–H and O–H groups in total. The molecule has 62 heavy (non-hydrogen) atoms. The zero-order chi connectivity index (χ0) is 45.5. The lowest BCUT2D eigenvalue weighted by atomic mass is 9.97. The molecular formula is C41H40F5N6O9P. The van der Waals surface area contributed by atoms with E-state index in [-0.39, 0.29) is 29.9 Å². The van der Waals surface area contributed by atoms with E-state index >= 15 is 8.78 Å². The number of hydrogen-bond acceptors (Lipinski definition) is 9. The predicted octanol–water partition coefficient (Wildman–Crippen LogP) is 9.36. The number of hydrogen-bond donors (Lipinski definition) is 4. The molecule has 3 amide bonds. The van der Waals surface area contributed by atoms with Crippen LogP contribution in [0.15, 0.2) is 66.7 Å². The quantitative estimate of drug-likeness (QED) is 0.0403. The molecule has 328 valence electrons. The topological polar surface area (TPSA) is 198 Å². The number of phosphoric ester groups is 1. The number of carbonyl (C=O) groups is 2. The van der Waals surface area contributed by atoms with Gasteiger partial charge < -0.3 is 14.6 Å². The number of phosphoric acid groups is 1. The summed E-state index contributed by atoms with van der Waals surface area (Å²) in [6.45, 7) is 9.00. The largest absolute Gasteiger partial charge is 0.525 e. The van der Waals surface area contributed by atoms with Gasteiger partial charge in [0.15, 0.2) is 0 Å². The Labute approximate surface area is 350 Å². The second-order valence-electron chi connectivity index (χ2n) is 14.9. The molecular weight excluding hydrogens is 846 g/mol. The molecule has 21 heteroatoms. The van der Waals surface area contributed by atoms with Crippen LogP contribution in [0.3, 0.4) is 0 Å². The summed E-state index contributed by atoms with van der Waals surface area (Å²) in [5.41, 5.74) is 1.50. The standard InChI is InChI=1S/C41H40F5N6O9P/c1-6-24-9-8-10-25(7-2)35(24)51-36(29-20-50(40(4,5)37(29)49-51)19-26-12-13-27(15-22(26)3)41(44,45)46)28-17-31(43)32(18-30(28)42)47-38(53)48-39(54)60-21-23-11-14-34(61-62(57,58)59)33(16-23)52(55)56/h8-18H,6-7,19-21H2,1-5H3,(H2,57,58,59)(H2,47,48,53,54). The Morgan fingerprint density at radius 2 is 1.66 bits per heavy atom. The molecule has 0 spiro atoms. The number of imide groups is 1. The molecule has 0 radical (unpaired) electrons. The molecule has 0 bridgehead atoms. The number of fused-ring (bicyclic) bond motifs is 1. The first-order chi connectivity index (χ1) is 29.0. The Morgan fingerprint density at radius 3 is 2.26 bits per heavy atom. The van der Waals surface area contributed by atoms with E-state index in [2.05, 4.69) is 9.84 Å². The van der Waals surface area contributed by atoms with Gasteiger partial charge in [0, 0.05) is 36.3 Å². The molecule has 2 heterocycles. The zero-order valence-corrected chi connectivity index (χ0v) is 34.7. The maximum Gasteiger partial charge on any atom is 0.525 e. The highest BCUT2D eigenvalue weighted by atomic mass is 31.2. The third kappa shape index (κ3) is 9.47. The van der Waals surface area contributed by atoms with Crippen LogP contribution in [-0.4, -0.2) is 41.5 Å². The van der Waals surface area contributed by atoms with E-state index in [9.17, 15) is 37.4 Å². The molecule has 6 rings (SSSR count). The van der Waals surface area contributed by atoms with E-state index < -0.39 is 77.5 Å². The van der Waals surface area contributed by atoms with Crippen LogP contribution in [0.5, 0.6) is 5.75 Å². The minimum Gasteiger partial charge on any atom is -0.444 e. The Balaban J connectivity index is 1.28. The van der Waals surface area contributed by atoms with Gasteiger partial charge in [0.25, 0.3) is 0 Å². The molecule has 15 nitrogen and oxygen atoms in total. The molecule has 0 saturated carbocycles. The maximum atomic E-state index is 16.5. The third-order valence-corrected chi connectivity index (χ3v) is 10.9. The molecule has 1 aliphatic rings. The lowest BCUT2D eigenvalue weighted by Gasteiger charge is -2.32. The minimum atomic E-state index is -5.14. The van der Waals surface area contributed by atoms with Gasteiger partial charge >= 0.3 is 31.8 Å². The number of benzene rings is 4. The average molecular weight is 887 g/mol. The molecule has 0 fully saturated rings. The van der Waals surface area contributed by atoms with E-state index in [1.807, 2.05) is 50.8 Å². The number of aryl methyl sites for hydroxylation is 3. The van der Waals surface area contributed by atoms with Gasteiger partial charge in [0.2, 0.25) is 5.75 Å². The summed E-state index contributed by atoms with van der Waals surface area (Å²) in [5, 5.41) is 20.3. The number of para-hydroxylation sites is 1. The number of alkyl halides is 3. The second kappa shape index (κ2) is 17.3. The highest BCUT2D eigenvalue weighted by Crippen LogP contribution is 2.47. The number of nitrogens with one attached hydrogen (secondary N) is 2. The zero-order valence-electron chi connectivity index (χ0n) is 33.8. The van der Waals surface area contributed by atoms with Crippen molar-refractivity contribution in [1.29, 1.82) is 0 Å². The number of anilines is 1. The number of nitrogens with zero attached hydrogens (tertiary/aromatic N) is 4. The van der Waals surface area contributed by atoms with E-state index in [1.165, 1.54) is 6.07 Å². The van der Waals surface area contributed by atoms with Crippen molar-refractivity contribution >= 4 is 31.3 Å². The summed E-state index contributed by atoms with van der Waals surface area (Å²) < 4.78 is 94.8. The number of halogens is 5. The van der Waals surface area contributed by atoms with Crippen molar-refractivity contribution in [2.45, 2.75) is 78.9 Å². The lowest BCUT2D eigenvalue weighted by Crippen LogP contribution is -2.36. The highest BCUT2D eigenvalue weighted by Gasteiger charge is 2.44. The van der Waals surface area contributed by atoms with Gasteiger partial charge in [-0.3, -0.25) is 24.8 Å². The first kappa shape index (κ1) is 45.3. The van der Waals surface area contributed by atoms with Gasteiger partial charge in [0.1, 0.15) is 18.2 Å². The van der Waals surface area contributed by atoms with Crippen LogP contribution in [0.25, 0.3) is 16.9 Å². The Bertz CT molecular complexity index is 2620. The summed E-state index contributed by atoms with van der Waals surface area (Å²) in [6.07, 6.45) is -4.75. The average Bonchev–Trinajstić information content (AvgIpc) is 3.67. The van der Waals surface area contributed by atoms with Crippen LogP contribution >= 0.6 is 7.82 Å². The van der Waals surface area contributed by atoms with Crippen molar-refractivity contribution in [2.24, 2.45) is 0 Å². The fourth-order valence-corrected chi connectivity index (χ4v) is 7.73. The van der Waals surface area contributed by atoms with E-state index in [4.69, 9.17) is 19.6 Å². The van der Waals surface area contributed by atoms with Crippen molar-refractivity contribution in [1.82, 2.24) is 20.0 Å². The summed E-state index contributed by atoms with van der Waals surface area (Å²) in [5.74, 6) is -2.81. The number of nitro benzene ring substituents is 1. The monoisotopic (exact) mass is 886 g/mol. The van der Waals surface area contributed by atoms with Crippen molar-refractivity contribution in [2.75, 3.05) is 5.32 Å². The minimum absolute atomic E-state index is 0.0337. The number of aromatic nitrogens is 2. The number of rotatable bonds is 12. The van der Waals surface area contributed by atoms with Crippen LogP contribution in [0.4, 0.5) is 42.9 Å². The molecule has 0 aliphatic carbocycles. The first-order valence-corrected chi connectivity index (χ1v) is 20.5. The van der Waals surface area contributed by atoms with Crippen LogP contribution in [-0.2, 0) is 53.6 Å². The van der Waals surface area contributed by atoms with Crippen LogP contribution in [0, 0.1) is 28.7 Å². The number of alkyl carbamates (subject to hydrolysis) is 1. The molecule has 1 aromatic heterocycles. The van der Waals surface area contributed by atoms with Crippen molar-refractivity contribution in [3.05, 3.63) is 133 Å². The molecule has 0 saturated heterocycles. The van der Waals surface area contributed by atoms with Crippen LogP contribution in [0.1, 0.15) is 72.3 Å². The SMILES string of the molecule is CCc1cccc(CC)c1-n1nc2c(c1-c1cc(F)c(NC(=O)NC(=O)OCc3ccc(OP(=O)(O)O)c([N+](=O)[O-])c3)cc1F)CN(Cc1ccc(C(F)(F)F)cc1C)C2(C)C. The van der Waals surface area contributed by atoms with Gasteiger partial charge in [-0.05, 0) is 85.7 Å². The van der Waals surface area contributed by atoms with E-state index in [1.54, 1.807) is 16.9 Å². The van der Waals surface area contributed by atoms with Gasteiger partial charge in [0.05, 0.1) is 38.8 Å². The first-order valence-electron chi connectivity index (χ1n) is 18.9. The molecule has 1 aliphatic heterocycles. The summed E-state index contributed by atoms with van der Waals surface area (Å²) in [7, 11) is -5.14. The van der Waals surface area contributed by atoms with Gasteiger partial charge in [-0.1, -0.05) is 44.2 Å². The van der Waals surface area contributed by atoms with Gasteiger partial charge in [-0.15, -0.1) is 0 Å². The van der Waals surface area contributed by atoms with Crippen LogP contribution in [0.2, 0.25) is 0 Å². The summed E-state index contributed by atoms with van der Waals surface area (Å²) in [4.78, 5) is 55.6. The van der Waals surface area contributed by atoms with Crippen LogP contribution < -0.4 is 15.2 Å². The smallest absolute Gasteiger partial charge is 0.444 e. The number of carbonyl (C=O) groups excluding carboxylic acids is 2. The van der Waals surface area contributed by atoms with Gasteiger partial charge in [-0.25, -0.2) is 32.9 Å². The highest BCUT2D eigenvalue weighted by molar-refractivity contribution is 7.46. The summed E-state index contributed by atoms with van der Waals surface area (Å²) in [6, 6.07) is 12.3. The molecule has 0 unspecified atom stereocenters. The number of amides is 3. The van der Waals surface area contributed by atoms with Crippen molar-refractivity contribution < 1.29 is 60.1 Å². The fraction of sp³-hybridized carbons (Fsp3) is 0.293. The Hall–Kier alpha value is -6.21. The molecule has 5 aromatic rings. The fourth-order valence-electron chi connectivity index (χ4n) is 7.32. The Morgan fingerprint density at radius 1 is 0.984 bits per heavy atom. The number of nitro groups is 1. The molecule has 4 aromatic carbocycles. The normalized spacial score (nSPS) is 13.7. The summed E-state index contributed by atoms with van der Waals surface area (Å²) >= 11 is 0. The van der Waals surface area contributed by atoms with Crippen molar-refractivity contribution in [3.8, 4) is 22.7 Å².